The maximum atomic E-state index is 11.8. The molecule has 0 radical (unpaired) electrons. The number of aryl methyl sites for hydroxylation is 1. The van der Waals surface area contributed by atoms with Crippen molar-refractivity contribution in [3.63, 3.8) is 0 Å². The number of sulfonamides is 1. The standard InChI is InChI=1S/C12H22N4O4S/c1-10-9-11(14-20-10)13-12(17)5-6-16(21(4,18)19)8-7-15(2)3/h9H,5-8H2,1-4H3,(H,13,14,17). The zero-order valence-electron chi connectivity index (χ0n) is 12.8. The molecule has 0 saturated heterocycles. The normalized spacial score (nSPS) is 12.1. The summed E-state index contributed by atoms with van der Waals surface area (Å²) in [5.74, 6) is 0.618. The van der Waals surface area contributed by atoms with Gasteiger partial charge in [-0.1, -0.05) is 5.16 Å². The fourth-order valence-electron chi connectivity index (χ4n) is 1.61. The van der Waals surface area contributed by atoms with E-state index >= 15 is 0 Å². The number of nitrogens with zero attached hydrogens (tertiary/aromatic N) is 3. The van der Waals surface area contributed by atoms with Gasteiger partial charge in [0.05, 0.1) is 6.26 Å². The molecule has 0 spiro atoms. The summed E-state index contributed by atoms with van der Waals surface area (Å²) >= 11 is 0. The number of amides is 1. The molecule has 0 bridgehead atoms. The maximum absolute atomic E-state index is 11.8. The summed E-state index contributed by atoms with van der Waals surface area (Å²) in [7, 11) is 0.390. The Morgan fingerprint density at radius 1 is 1.33 bits per heavy atom. The van der Waals surface area contributed by atoms with Gasteiger partial charge in [-0.3, -0.25) is 4.79 Å². The minimum atomic E-state index is -3.33. The highest BCUT2D eigenvalue weighted by molar-refractivity contribution is 7.88. The van der Waals surface area contributed by atoms with E-state index in [1.807, 2.05) is 19.0 Å². The van der Waals surface area contributed by atoms with Crippen molar-refractivity contribution in [2.24, 2.45) is 0 Å². The molecule has 0 fully saturated rings. The van der Waals surface area contributed by atoms with Crippen molar-refractivity contribution in [1.29, 1.82) is 0 Å². The van der Waals surface area contributed by atoms with Gasteiger partial charge >= 0.3 is 0 Å². The molecule has 0 saturated carbocycles. The van der Waals surface area contributed by atoms with Crippen LogP contribution < -0.4 is 5.32 Å². The average molecular weight is 318 g/mol. The Hall–Kier alpha value is -1.45. The van der Waals surface area contributed by atoms with Crippen molar-refractivity contribution in [3.8, 4) is 0 Å². The van der Waals surface area contributed by atoms with Crippen LogP contribution >= 0.6 is 0 Å². The molecular weight excluding hydrogens is 296 g/mol. The first kappa shape index (κ1) is 17.6. The van der Waals surface area contributed by atoms with Gasteiger partial charge in [0.25, 0.3) is 0 Å². The van der Waals surface area contributed by atoms with E-state index in [1.165, 1.54) is 4.31 Å². The summed E-state index contributed by atoms with van der Waals surface area (Å²) in [4.78, 5) is 13.7. The molecule has 0 aliphatic rings. The van der Waals surface area contributed by atoms with Gasteiger partial charge in [-0.05, 0) is 21.0 Å². The van der Waals surface area contributed by atoms with Crippen LogP contribution in [0.15, 0.2) is 10.6 Å². The number of hydrogen-bond acceptors (Lipinski definition) is 6. The number of anilines is 1. The van der Waals surface area contributed by atoms with Crippen molar-refractivity contribution in [2.45, 2.75) is 13.3 Å². The second-order valence-electron chi connectivity index (χ2n) is 5.09. The first-order chi connectivity index (χ1) is 9.68. The van der Waals surface area contributed by atoms with E-state index in [4.69, 9.17) is 4.52 Å². The smallest absolute Gasteiger partial charge is 0.226 e. The summed E-state index contributed by atoms with van der Waals surface area (Å²) in [5.41, 5.74) is 0. The monoisotopic (exact) mass is 318 g/mol. The summed E-state index contributed by atoms with van der Waals surface area (Å²) in [5, 5.41) is 6.20. The molecule has 0 aliphatic heterocycles. The van der Waals surface area contributed by atoms with E-state index in [0.29, 0.717) is 24.7 Å². The lowest BCUT2D eigenvalue weighted by molar-refractivity contribution is -0.116. The lowest BCUT2D eigenvalue weighted by Crippen LogP contribution is -2.37. The molecule has 0 atom stereocenters. The van der Waals surface area contributed by atoms with Crippen LogP contribution in [0.2, 0.25) is 0 Å². The van der Waals surface area contributed by atoms with Gasteiger partial charge in [0, 0.05) is 32.1 Å². The molecule has 0 unspecified atom stereocenters. The summed E-state index contributed by atoms with van der Waals surface area (Å²) < 4.78 is 29.5. The van der Waals surface area contributed by atoms with Crippen LogP contribution in [0.25, 0.3) is 0 Å². The number of rotatable bonds is 8. The Labute approximate surface area is 125 Å². The second-order valence-corrected chi connectivity index (χ2v) is 7.07. The largest absolute Gasteiger partial charge is 0.360 e. The van der Waals surface area contributed by atoms with E-state index < -0.39 is 10.0 Å². The van der Waals surface area contributed by atoms with Crippen LogP contribution in [0.1, 0.15) is 12.2 Å². The zero-order valence-corrected chi connectivity index (χ0v) is 13.6. The molecule has 120 valence electrons. The molecule has 9 heteroatoms. The van der Waals surface area contributed by atoms with Crippen molar-refractivity contribution in [2.75, 3.05) is 45.3 Å². The number of aromatic nitrogens is 1. The first-order valence-corrected chi connectivity index (χ1v) is 8.36. The van der Waals surface area contributed by atoms with Crippen molar-refractivity contribution in [3.05, 3.63) is 11.8 Å². The van der Waals surface area contributed by atoms with Gasteiger partial charge in [-0.2, -0.15) is 0 Å². The molecule has 1 amide bonds. The van der Waals surface area contributed by atoms with Crippen molar-refractivity contribution in [1.82, 2.24) is 14.4 Å². The summed E-state index contributed by atoms with van der Waals surface area (Å²) in [6.07, 6.45) is 1.20. The maximum Gasteiger partial charge on any atom is 0.226 e. The highest BCUT2D eigenvalue weighted by Crippen LogP contribution is 2.08. The predicted molar refractivity (Wildman–Crippen MR) is 79.5 cm³/mol. The van der Waals surface area contributed by atoms with E-state index in [0.717, 1.165) is 6.26 Å². The van der Waals surface area contributed by atoms with E-state index in [2.05, 4.69) is 10.5 Å². The van der Waals surface area contributed by atoms with Crippen LogP contribution in [-0.2, 0) is 14.8 Å². The van der Waals surface area contributed by atoms with Gasteiger partial charge in [-0.15, -0.1) is 0 Å². The van der Waals surface area contributed by atoms with Gasteiger partial charge in [0.15, 0.2) is 5.82 Å². The van der Waals surface area contributed by atoms with Gasteiger partial charge in [-0.25, -0.2) is 12.7 Å². The van der Waals surface area contributed by atoms with Gasteiger partial charge in [0.2, 0.25) is 15.9 Å². The molecule has 1 aromatic rings. The lowest BCUT2D eigenvalue weighted by atomic mass is 10.4. The van der Waals surface area contributed by atoms with Crippen LogP contribution in [0.3, 0.4) is 0 Å². The van der Waals surface area contributed by atoms with Crippen molar-refractivity contribution >= 4 is 21.7 Å². The fourth-order valence-corrected chi connectivity index (χ4v) is 2.45. The molecule has 1 rings (SSSR count). The summed E-state index contributed by atoms with van der Waals surface area (Å²) in [6.45, 7) is 2.80. The third-order valence-electron chi connectivity index (χ3n) is 2.75. The molecule has 8 nitrogen and oxygen atoms in total. The number of carbonyl (C=O) groups is 1. The highest BCUT2D eigenvalue weighted by atomic mass is 32.2. The number of likely N-dealkylation sites (N-methyl/N-ethyl adjacent to an activating group) is 1. The van der Waals surface area contributed by atoms with Gasteiger partial charge in [0.1, 0.15) is 5.76 Å². The lowest BCUT2D eigenvalue weighted by Gasteiger charge is -2.21. The Kier molecular flexibility index (Phi) is 6.31. The number of hydrogen-bond donors (Lipinski definition) is 1. The van der Waals surface area contributed by atoms with Crippen LogP contribution in [-0.4, -0.2) is 68.7 Å². The predicted octanol–water partition coefficient (Wildman–Crippen LogP) is 0.135. The second kappa shape index (κ2) is 7.53. The van der Waals surface area contributed by atoms with Gasteiger partial charge < -0.3 is 14.7 Å². The van der Waals surface area contributed by atoms with Crippen LogP contribution in [0.5, 0.6) is 0 Å². The molecule has 1 aromatic heterocycles. The fraction of sp³-hybridized carbons (Fsp3) is 0.667. The minimum absolute atomic E-state index is 0.0619. The van der Waals surface area contributed by atoms with E-state index in [-0.39, 0.29) is 18.9 Å². The third-order valence-corrected chi connectivity index (χ3v) is 4.05. The summed E-state index contributed by atoms with van der Waals surface area (Å²) in [6, 6.07) is 1.60. The van der Waals surface area contributed by atoms with E-state index in [1.54, 1.807) is 13.0 Å². The Balaban J connectivity index is 2.50. The Bertz CT molecular complexity index is 568. The number of nitrogens with one attached hydrogen (secondary N) is 1. The average Bonchev–Trinajstić information content (AvgIpc) is 2.72. The quantitative estimate of drug-likeness (QED) is 0.732. The molecular formula is C12H22N4O4S. The number of carbonyl (C=O) groups excluding carboxylic acids is 1. The SMILES string of the molecule is Cc1cc(NC(=O)CCN(CCN(C)C)S(C)(=O)=O)no1. The zero-order chi connectivity index (χ0) is 16.0. The third kappa shape index (κ3) is 6.69. The Morgan fingerprint density at radius 3 is 2.48 bits per heavy atom. The minimum Gasteiger partial charge on any atom is -0.360 e. The molecule has 0 aliphatic carbocycles. The molecule has 21 heavy (non-hydrogen) atoms. The van der Waals surface area contributed by atoms with Crippen LogP contribution in [0.4, 0.5) is 5.82 Å². The first-order valence-electron chi connectivity index (χ1n) is 6.51. The van der Waals surface area contributed by atoms with Crippen LogP contribution in [0, 0.1) is 6.92 Å². The topological polar surface area (TPSA) is 95.8 Å². The highest BCUT2D eigenvalue weighted by Gasteiger charge is 2.18. The Morgan fingerprint density at radius 2 is 2.00 bits per heavy atom. The molecule has 1 heterocycles. The molecule has 0 aromatic carbocycles. The van der Waals surface area contributed by atoms with E-state index in [9.17, 15) is 13.2 Å². The molecule has 1 N–H and O–H groups in total. The van der Waals surface area contributed by atoms with Crippen molar-refractivity contribution < 1.29 is 17.7 Å².